The van der Waals surface area contributed by atoms with Crippen molar-refractivity contribution in [2.75, 3.05) is 7.05 Å². The Balaban J connectivity index is 1.99. The summed E-state index contributed by atoms with van der Waals surface area (Å²) in [6.07, 6.45) is 5.56. The molecule has 0 bridgehead atoms. The smallest absolute Gasteiger partial charge is 0.242 e. The van der Waals surface area contributed by atoms with E-state index in [9.17, 15) is 0 Å². The normalized spacial score (nSPS) is 11.1. The van der Waals surface area contributed by atoms with E-state index in [4.69, 9.17) is 4.74 Å². The predicted molar refractivity (Wildman–Crippen MR) is 75.9 cm³/mol. The summed E-state index contributed by atoms with van der Waals surface area (Å²) in [5, 5.41) is 7.35. The van der Waals surface area contributed by atoms with E-state index in [1.54, 1.807) is 6.20 Å². The number of fused-ring (bicyclic) bond motifs is 1. The van der Waals surface area contributed by atoms with Gasteiger partial charge in [0.05, 0.1) is 12.4 Å². The van der Waals surface area contributed by atoms with E-state index in [1.807, 2.05) is 53.6 Å². The van der Waals surface area contributed by atoms with E-state index in [0.29, 0.717) is 18.2 Å². The molecule has 0 unspecified atom stereocenters. The molecule has 0 spiro atoms. The number of aromatic nitrogens is 4. The molecule has 0 aliphatic heterocycles. The Kier molecular flexibility index (Phi) is 3.39. The Morgan fingerprint density at radius 2 is 2.25 bits per heavy atom. The summed E-state index contributed by atoms with van der Waals surface area (Å²) in [4.78, 5) is 4.53. The largest absolute Gasteiger partial charge is 0.434 e. The number of ether oxygens (including phenoxy) is 1. The summed E-state index contributed by atoms with van der Waals surface area (Å²) in [5.74, 6) is 1.31. The van der Waals surface area contributed by atoms with Crippen molar-refractivity contribution in [2.24, 2.45) is 0 Å². The van der Waals surface area contributed by atoms with Crippen LogP contribution in [-0.4, -0.2) is 26.2 Å². The van der Waals surface area contributed by atoms with Crippen LogP contribution in [0.2, 0.25) is 0 Å². The van der Waals surface area contributed by atoms with E-state index in [1.165, 1.54) is 0 Å². The Labute approximate surface area is 117 Å². The van der Waals surface area contributed by atoms with Gasteiger partial charge in [-0.2, -0.15) is 10.1 Å². The van der Waals surface area contributed by atoms with E-state index in [2.05, 4.69) is 15.4 Å². The minimum Gasteiger partial charge on any atom is -0.434 e. The molecule has 0 fully saturated rings. The van der Waals surface area contributed by atoms with Gasteiger partial charge in [0.25, 0.3) is 0 Å². The number of rotatable bonds is 5. The third-order valence-electron chi connectivity index (χ3n) is 3.08. The zero-order valence-corrected chi connectivity index (χ0v) is 11.6. The molecule has 3 aromatic heterocycles. The first-order valence-electron chi connectivity index (χ1n) is 6.62. The molecule has 6 nitrogen and oxygen atoms in total. The summed E-state index contributed by atoms with van der Waals surface area (Å²) >= 11 is 0. The van der Waals surface area contributed by atoms with E-state index >= 15 is 0 Å². The molecule has 0 atom stereocenters. The highest BCUT2D eigenvalue weighted by molar-refractivity contribution is 5.46. The van der Waals surface area contributed by atoms with Crippen LogP contribution in [0, 0.1) is 0 Å². The predicted octanol–water partition coefficient (Wildman–Crippen LogP) is 2.06. The second-order valence-corrected chi connectivity index (χ2v) is 4.46. The molecule has 0 saturated heterocycles. The second kappa shape index (κ2) is 5.34. The van der Waals surface area contributed by atoms with Crippen molar-refractivity contribution in [1.82, 2.24) is 24.5 Å². The van der Waals surface area contributed by atoms with Gasteiger partial charge in [-0.25, -0.2) is 0 Å². The Bertz CT molecular complexity index is 715. The van der Waals surface area contributed by atoms with Gasteiger partial charge in [0.15, 0.2) is 5.75 Å². The van der Waals surface area contributed by atoms with Crippen LogP contribution < -0.4 is 10.1 Å². The zero-order chi connectivity index (χ0) is 13.9. The highest BCUT2D eigenvalue weighted by Gasteiger charge is 2.14. The van der Waals surface area contributed by atoms with Gasteiger partial charge >= 0.3 is 0 Å². The van der Waals surface area contributed by atoms with E-state index < -0.39 is 0 Å². The van der Waals surface area contributed by atoms with E-state index in [-0.39, 0.29) is 0 Å². The maximum atomic E-state index is 5.87. The van der Waals surface area contributed by atoms with Crippen LogP contribution in [0.15, 0.2) is 36.8 Å². The first-order chi connectivity index (χ1) is 9.81. The molecule has 0 radical (unpaired) electrons. The van der Waals surface area contributed by atoms with Gasteiger partial charge in [0.2, 0.25) is 5.88 Å². The van der Waals surface area contributed by atoms with Crippen LogP contribution in [0.3, 0.4) is 0 Å². The van der Waals surface area contributed by atoms with E-state index in [0.717, 1.165) is 17.9 Å². The fraction of sp³-hybridized carbons (Fsp3) is 0.286. The standard InChI is InChI=1S/C14H17N5O/c1-3-18-10-11(8-16-18)20-14-12(9-15-2)19-7-5-4-6-13(19)17-14/h4-8,10,15H,3,9H2,1-2H3. The van der Waals surface area contributed by atoms with Crippen LogP contribution in [0.5, 0.6) is 11.6 Å². The Morgan fingerprint density at radius 3 is 3.00 bits per heavy atom. The molecule has 0 aliphatic carbocycles. The van der Waals surface area contributed by atoms with Crippen molar-refractivity contribution in [1.29, 1.82) is 0 Å². The molecule has 0 aromatic carbocycles. The summed E-state index contributed by atoms with van der Waals surface area (Å²) in [6.45, 7) is 3.54. The van der Waals surface area contributed by atoms with Crippen molar-refractivity contribution >= 4 is 5.65 Å². The molecule has 3 rings (SSSR count). The Morgan fingerprint density at radius 1 is 1.35 bits per heavy atom. The highest BCUT2D eigenvalue weighted by atomic mass is 16.5. The molecule has 0 aliphatic rings. The molecule has 20 heavy (non-hydrogen) atoms. The van der Waals surface area contributed by atoms with Crippen molar-refractivity contribution in [3.05, 3.63) is 42.5 Å². The fourth-order valence-electron chi connectivity index (χ4n) is 2.12. The van der Waals surface area contributed by atoms with Gasteiger partial charge in [-0.05, 0) is 26.1 Å². The average Bonchev–Trinajstić information content (AvgIpc) is 3.05. The minimum atomic E-state index is 0.612. The van der Waals surface area contributed by atoms with Crippen LogP contribution in [-0.2, 0) is 13.1 Å². The van der Waals surface area contributed by atoms with Crippen LogP contribution in [0.4, 0.5) is 0 Å². The van der Waals surface area contributed by atoms with Gasteiger partial charge in [0, 0.05) is 19.3 Å². The van der Waals surface area contributed by atoms with Gasteiger partial charge in [-0.3, -0.25) is 9.08 Å². The minimum absolute atomic E-state index is 0.612. The summed E-state index contributed by atoms with van der Waals surface area (Å²) < 4.78 is 9.72. The number of imidazole rings is 1. The van der Waals surface area contributed by atoms with Crippen LogP contribution in [0.1, 0.15) is 12.6 Å². The average molecular weight is 271 g/mol. The summed E-state index contributed by atoms with van der Waals surface area (Å²) in [5.41, 5.74) is 1.86. The maximum absolute atomic E-state index is 5.87. The zero-order valence-electron chi connectivity index (χ0n) is 11.6. The fourth-order valence-corrected chi connectivity index (χ4v) is 2.12. The lowest BCUT2D eigenvalue weighted by Gasteiger charge is -2.04. The third-order valence-corrected chi connectivity index (χ3v) is 3.08. The maximum Gasteiger partial charge on any atom is 0.242 e. The summed E-state index contributed by atoms with van der Waals surface area (Å²) in [7, 11) is 1.90. The third kappa shape index (κ3) is 2.25. The number of nitrogens with zero attached hydrogens (tertiary/aromatic N) is 4. The molecule has 3 aromatic rings. The monoisotopic (exact) mass is 271 g/mol. The van der Waals surface area contributed by atoms with Crippen LogP contribution >= 0.6 is 0 Å². The number of aryl methyl sites for hydroxylation is 1. The first kappa shape index (κ1) is 12.7. The topological polar surface area (TPSA) is 56.4 Å². The molecule has 0 saturated carbocycles. The van der Waals surface area contributed by atoms with Crippen LogP contribution in [0.25, 0.3) is 5.65 Å². The molecular weight excluding hydrogens is 254 g/mol. The Hall–Kier alpha value is -2.34. The molecular formula is C14H17N5O. The molecule has 104 valence electrons. The van der Waals surface area contributed by atoms with Crippen molar-refractivity contribution in [3.8, 4) is 11.6 Å². The summed E-state index contributed by atoms with van der Waals surface area (Å²) in [6, 6.07) is 5.90. The molecule has 1 N–H and O–H groups in total. The number of nitrogens with one attached hydrogen (secondary N) is 1. The molecule has 3 heterocycles. The number of hydrogen-bond acceptors (Lipinski definition) is 4. The molecule has 0 amide bonds. The SMILES string of the molecule is CCn1cc(Oc2nc3ccccn3c2CNC)cn1. The number of hydrogen-bond donors (Lipinski definition) is 1. The molecule has 6 heteroatoms. The second-order valence-electron chi connectivity index (χ2n) is 4.46. The number of pyridine rings is 1. The van der Waals surface area contributed by atoms with Crippen molar-refractivity contribution in [2.45, 2.75) is 20.0 Å². The quantitative estimate of drug-likeness (QED) is 0.771. The lowest BCUT2D eigenvalue weighted by atomic mass is 10.4. The van der Waals surface area contributed by atoms with Gasteiger partial charge in [-0.15, -0.1) is 0 Å². The first-order valence-corrected chi connectivity index (χ1v) is 6.62. The van der Waals surface area contributed by atoms with Gasteiger partial charge < -0.3 is 10.1 Å². The van der Waals surface area contributed by atoms with Crippen molar-refractivity contribution < 1.29 is 4.74 Å². The lowest BCUT2D eigenvalue weighted by Crippen LogP contribution is -2.08. The van der Waals surface area contributed by atoms with Crippen molar-refractivity contribution in [3.63, 3.8) is 0 Å². The lowest BCUT2D eigenvalue weighted by molar-refractivity contribution is 0.456. The van der Waals surface area contributed by atoms with Gasteiger partial charge in [0.1, 0.15) is 11.3 Å². The highest BCUT2D eigenvalue weighted by Crippen LogP contribution is 2.25. The van der Waals surface area contributed by atoms with Gasteiger partial charge in [-0.1, -0.05) is 6.07 Å².